The lowest BCUT2D eigenvalue weighted by atomic mass is 10.1. The average molecular weight is 529 g/mol. The van der Waals surface area contributed by atoms with Crippen LogP contribution in [-0.4, -0.2) is 88.4 Å². The minimum atomic E-state index is -0.295. The molecule has 0 aromatic heterocycles. The lowest BCUT2D eigenvalue weighted by molar-refractivity contribution is 0.0407. The first-order valence-corrected chi connectivity index (χ1v) is 13.1. The van der Waals surface area contributed by atoms with Crippen molar-refractivity contribution >= 4 is 28.5 Å². The number of carbonyl (C=O) groups excluding carboxylic acids is 1. The molecule has 200 valence electrons. The number of amidine groups is 1. The molecule has 1 saturated heterocycles. The van der Waals surface area contributed by atoms with Crippen molar-refractivity contribution in [3.8, 4) is 17.2 Å². The van der Waals surface area contributed by atoms with Crippen LogP contribution in [0.25, 0.3) is 0 Å². The maximum absolute atomic E-state index is 13.1. The maximum Gasteiger partial charge on any atom is 0.255 e. The van der Waals surface area contributed by atoms with E-state index in [0.717, 1.165) is 49.3 Å². The van der Waals surface area contributed by atoms with E-state index in [2.05, 4.69) is 16.8 Å². The fraction of sp³-hybridized carbons (Fsp3) is 0.407. The number of benzene rings is 2. The second-order valence-electron chi connectivity index (χ2n) is 8.34. The van der Waals surface area contributed by atoms with Gasteiger partial charge < -0.3 is 29.2 Å². The van der Waals surface area contributed by atoms with Crippen LogP contribution < -0.4 is 19.5 Å². The van der Waals surface area contributed by atoms with Crippen molar-refractivity contribution in [2.24, 2.45) is 4.99 Å². The number of para-hydroxylation sites is 1. The molecular formula is C27H36N4O5S. The highest BCUT2D eigenvalue weighted by atomic mass is 32.2. The smallest absolute Gasteiger partial charge is 0.255 e. The summed E-state index contributed by atoms with van der Waals surface area (Å²) in [7, 11) is 6.54. The number of hydrogen-bond acceptors (Lipinski definition) is 8. The van der Waals surface area contributed by atoms with Gasteiger partial charge in [0.25, 0.3) is 5.91 Å². The van der Waals surface area contributed by atoms with E-state index in [-0.39, 0.29) is 5.91 Å². The van der Waals surface area contributed by atoms with Gasteiger partial charge in [-0.2, -0.15) is 0 Å². The summed E-state index contributed by atoms with van der Waals surface area (Å²) >= 11 is 1.56. The Morgan fingerprint density at radius 1 is 1.14 bits per heavy atom. The predicted octanol–water partition coefficient (Wildman–Crippen LogP) is 3.96. The molecule has 1 N–H and O–H groups in total. The van der Waals surface area contributed by atoms with E-state index in [9.17, 15) is 4.79 Å². The van der Waals surface area contributed by atoms with Crippen LogP contribution in [0.4, 0.5) is 5.69 Å². The number of carbonyl (C=O) groups is 1. The zero-order chi connectivity index (χ0) is 26.8. The maximum atomic E-state index is 13.1. The van der Waals surface area contributed by atoms with E-state index in [1.165, 1.54) is 21.3 Å². The van der Waals surface area contributed by atoms with Gasteiger partial charge >= 0.3 is 0 Å². The molecule has 1 amide bonds. The topological polar surface area (TPSA) is 84.9 Å². The van der Waals surface area contributed by atoms with E-state index in [0.29, 0.717) is 35.0 Å². The molecule has 37 heavy (non-hydrogen) atoms. The van der Waals surface area contributed by atoms with Crippen molar-refractivity contribution in [2.75, 3.05) is 72.8 Å². The summed E-state index contributed by atoms with van der Waals surface area (Å²) in [6.45, 7) is 8.73. The van der Waals surface area contributed by atoms with Crippen molar-refractivity contribution in [3.63, 3.8) is 0 Å². The third-order valence-electron chi connectivity index (χ3n) is 6.03. The molecule has 2 aromatic rings. The summed E-state index contributed by atoms with van der Waals surface area (Å²) in [6.07, 6.45) is 2.00. The molecule has 0 unspecified atom stereocenters. The number of likely N-dealkylation sites (N-methyl/N-ethyl adjacent to an activating group) is 1. The predicted molar refractivity (Wildman–Crippen MR) is 149 cm³/mol. The average Bonchev–Trinajstić information content (AvgIpc) is 2.93. The van der Waals surface area contributed by atoms with Gasteiger partial charge in [0.2, 0.25) is 5.75 Å². The number of morpholine rings is 1. The number of methoxy groups -OCH3 is 3. The Hall–Kier alpha value is -3.21. The number of thioether (sulfide) groups is 1. The Labute approximate surface area is 223 Å². The highest BCUT2D eigenvalue weighted by Gasteiger charge is 2.19. The summed E-state index contributed by atoms with van der Waals surface area (Å²) in [5.74, 6) is 0.960. The van der Waals surface area contributed by atoms with E-state index < -0.39 is 0 Å². The van der Waals surface area contributed by atoms with Gasteiger partial charge in [0, 0.05) is 43.6 Å². The molecule has 0 bridgehead atoms. The number of aliphatic imine (C=N–C) groups is 1. The molecule has 0 atom stereocenters. The summed E-state index contributed by atoms with van der Waals surface area (Å²) in [5.41, 5.74) is 2.93. The van der Waals surface area contributed by atoms with E-state index in [1.807, 2.05) is 42.5 Å². The molecular weight excluding hydrogens is 492 g/mol. The number of amides is 1. The van der Waals surface area contributed by atoms with Gasteiger partial charge in [-0.25, -0.2) is 0 Å². The lowest BCUT2D eigenvalue weighted by Crippen LogP contribution is -2.40. The monoisotopic (exact) mass is 528 g/mol. The first kappa shape index (κ1) is 28.4. The number of ether oxygens (including phenoxy) is 4. The van der Waals surface area contributed by atoms with E-state index >= 15 is 0 Å². The Balaban J connectivity index is 1.74. The number of nitrogens with zero attached hydrogens (tertiary/aromatic N) is 3. The molecule has 0 spiro atoms. The third-order valence-corrected chi connectivity index (χ3v) is 6.80. The van der Waals surface area contributed by atoms with Crippen molar-refractivity contribution in [3.05, 3.63) is 59.8 Å². The second kappa shape index (κ2) is 13.9. The van der Waals surface area contributed by atoms with Crippen LogP contribution >= 0.6 is 11.8 Å². The fourth-order valence-corrected chi connectivity index (χ4v) is 4.50. The van der Waals surface area contributed by atoms with Crippen molar-refractivity contribution in [1.82, 2.24) is 9.80 Å². The minimum absolute atomic E-state index is 0.295. The Bertz CT molecular complexity index is 1090. The first-order chi connectivity index (χ1) is 17.9. The zero-order valence-corrected chi connectivity index (χ0v) is 23.0. The molecule has 1 aliphatic heterocycles. The lowest BCUT2D eigenvalue weighted by Gasteiger charge is -2.30. The molecule has 0 saturated carbocycles. The number of nitrogens with one attached hydrogen (secondary N) is 1. The summed E-state index contributed by atoms with van der Waals surface area (Å²) in [6, 6.07) is 10.9. The highest BCUT2D eigenvalue weighted by molar-refractivity contribution is 8.13. The summed E-state index contributed by atoms with van der Waals surface area (Å²) < 4.78 is 21.6. The third kappa shape index (κ3) is 7.41. The van der Waals surface area contributed by atoms with Gasteiger partial charge in [0.1, 0.15) is 0 Å². The Kier molecular flexibility index (Phi) is 10.7. The molecule has 2 aromatic carbocycles. The van der Waals surface area contributed by atoms with Crippen LogP contribution in [0.1, 0.15) is 15.9 Å². The second-order valence-corrected chi connectivity index (χ2v) is 9.12. The summed E-state index contributed by atoms with van der Waals surface area (Å²) in [5, 5.41) is 3.85. The van der Waals surface area contributed by atoms with Gasteiger partial charge in [-0.3, -0.25) is 14.7 Å². The Morgan fingerprint density at radius 3 is 2.38 bits per heavy atom. The SMILES string of the molecule is C=C(CN1CCOCC1)N(C)C(=NCc1ccccc1NC(=O)c1cc(OC)c(OC)c(OC)c1)SC. The van der Waals surface area contributed by atoms with E-state index in [4.69, 9.17) is 23.9 Å². The normalized spacial score (nSPS) is 14.1. The van der Waals surface area contributed by atoms with Crippen LogP contribution in [0.15, 0.2) is 53.7 Å². The largest absolute Gasteiger partial charge is 0.493 e. The molecule has 9 nitrogen and oxygen atoms in total. The molecule has 10 heteroatoms. The quantitative estimate of drug-likeness (QED) is 0.367. The fourth-order valence-electron chi connectivity index (χ4n) is 3.91. The van der Waals surface area contributed by atoms with Gasteiger partial charge in [-0.1, -0.05) is 36.5 Å². The molecule has 0 aliphatic carbocycles. The Morgan fingerprint density at radius 2 is 1.78 bits per heavy atom. The number of rotatable bonds is 10. The minimum Gasteiger partial charge on any atom is -0.493 e. The van der Waals surface area contributed by atoms with Crippen molar-refractivity contribution in [2.45, 2.75) is 6.54 Å². The van der Waals surface area contributed by atoms with Gasteiger partial charge in [-0.05, 0) is 30.0 Å². The van der Waals surface area contributed by atoms with Gasteiger partial charge in [0.05, 0.1) is 41.1 Å². The van der Waals surface area contributed by atoms with Crippen molar-refractivity contribution in [1.29, 1.82) is 0 Å². The van der Waals surface area contributed by atoms with Crippen molar-refractivity contribution < 1.29 is 23.7 Å². The molecule has 1 fully saturated rings. The van der Waals surface area contributed by atoms with Crippen LogP contribution in [0.5, 0.6) is 17.2 Å². The zero-order valence-electron chi connectivity index (χ0n) is 22.2. The molecule has 1 heterocycles. The number of anilines is 1. The first-order valence-electron chi connectivity index (χ1n) is 11.9. The molecule has 1 aliphatic rings. The molecule has 3 rings (SSSR count). The van der Waals surface area contributed by atoms with Crippen LogP contribution in [0, 0.1) is 0 Å². The van der Waals surface area contributed by atoms with Crippen LogP contribution in [-0.2, 0) is 11.3 Å². The standard InChI is InChI=1S/C27H36N4O5S/c1-19(18-31-11-13-36-14-12-31)30(2)27(37-6)28-17-20-9-7-8-10-22(20)29-26(32)21-15-23(33-3)25(35-5)24(16-21)34-4/h7-10,15-16H,1,11-14,17-18H2,2-6H3,(H,29,32). The molecule has 0 radical (unpaired) electrons. The van der Waals surface area contributed by atoms with Crippen LogP contribution in [0.2, 0.25) is 0 Å². The van der Waals surface area contributed by atoms with E-state index in [1.54, 1.807) is 23.9 Å². The summed E-state index contributed by atoms with van der Waals surface area (Å²) in [4.78, 5) is 22.3. The van der Waals surface area contributed by atoms with Gasteiger partial charge in [-0.15, -0.1) is 0 Å². The highest BCUT2D eigenvalue weighted by Crippen LogP contribution is 2.38. The number of hydrogen-bond donors (Lipinski definition) is 1. The van der Waals surface area contributed by atoms with Crippen LogP contribution in [0.3, 0.4) is 0 Å². The van der Waals surface area contributed by atoms with Gasteiger partial charge in [0.15, 0.2) is 16.7 Å².